The molecule has 6 heteroatoms. The summed E-state index contributed by atoms with van der Waals surface area (Å²) in [5.74, 6) is 1.76. The van der Waals surface area contributed by atoms with Gasteiger partial charge in [-0.25, -0.2) is 0 Å². The zero-order valence-corrected chi connectivity index (χ0v) is 12.2. The van der Waals surface area contributed by atoms with E-state index >= 15 is 0 Å². The molecule has 1 saturated heterocycles. The van der Waals surface area contributed by atoms with E-state index in [0.29, 0.717) is 31.5 Å². The van der Waals surface area contributed by atoms with Gasteiger partial charge in [0.2, 0.25) is 11.7 Å². The van der Waals surface area contributed by atoms with E-state index in [1.807, 2.05) is 38.1 Å². The largest absolute Gasteiger partial charge is 0.493 e. The number of benzene rings is 1. The van der Waals surface area contributed by atoms with Crippen LogP contribution in [0.1, 0.15) is 19.7 Å². The maximum Gasteiger partial charge on any atom is 0.236 e. The first-order chi connectivity index (χ1) is 10.1. The summed E-state index contributed by atoms with van der Waals surface area (Å²) in [5, 5.41) is 4.08. The molecule has 1 aliphatic rings. The Morgan fingerprint density at radius 2 is 2.24 bits per heavy atom. The van der Waals surface area contributed by atoms with Gasteiger partial charge in [0.1, 0.15) is 5.75 Å². The third-order valence-electron chi connectivity index (χ3n) is 3.86. The van der Waals surface area contributed by atoms with Crippen LogP contribution in [0.15, 0.2) is 28.8 Å². The normalized spacial score (nSPS) is 25.2. The SMILES string of the molecule is CCOc1ccccc1-c1noc(C2(C)COCC2N)n1. The Labute approximate surface area is 123 Å². The zero-order chi connectivity index (χ0) is 14.9. The molecule has 1 aromatic heterocycles. The summed E-state index contributed by atoms with van der Waals surface area (Å²) in [4.78, 5) is 4.51. The van der Waals surface area contributed by atoms with E-state index in [-0.39, 0.29) is 6.04 Å². The Bertz CT molecular complexity index is 628. The summed E-state index contributed by atoms with van der Waals surface area (Å²) in [5.41, 5.74) is 6.47. The van der Waals surface area contributed by atoms with Crippen molar-refractivity contribution in [3.05, 3.63) is 30.2 Å². The van der Waals surface area contributed by atoms with E-state index in [1.54, 1.807) is 0 Å². The first-order valence-corrected chi connectivity index (χ1v) is 7.05. The fraction of sp³-hybridized carbons (Fsp3) is 0.467. The maximum atomic E-state index is 6.09. The van der Waals surface area contributed by atoms with Crippen LogP contribution in [0.5, 0.6) is 5.75 Å². The van der Waals surface area contributed by atoms with Crippen molar-refractivity contribution in [2.24, 2.45) is 5.73 Å². The highest BCUT2D eigenvalue weighted by atomic mass is 16.5. The molecule has 2 aromatic rings. The molecule has 1 aliphatic heterocycles. The molecule has 112 valence electrons. The van der Waals surface area contributed by atoms with E-state index < -0.39 is 5.41 Å². The molecule has 2 unspecified atom stereocenters. The minimum atomic E-state index is -0.439. The topological polar surface area (TPSA) is 83.4 Å². The quantitative estimate of drug-likeness (QED) is 0.923. The summed E-state index contributed by atoms with van der Waals surface area (Å²) >= 11 is 0. The number of para-hydroxylation sites is 1. The third kappa shape index (κ3) is 2.41. The van der Waals surface area contributed by atoms with Gasteiger partial charge in [-0.2, -0.15) is 4.98 Å². The lowest BCUT2D eigenvalue weighted by molar-refractivity contribution is 0.169. The van der Waals surface area contributed by atoms with Crippen LogP contribution in [0, 0.1) is 0 Å². The van der Waals surface area contributed by atoms with Crippen molar-refractivity contribution >= 4 is 0 Å². The first-order valence-electron chi connectivity index (χ1n) is 7.05. The molecule has 1 fully saturated rings. The maximum absolute atomic E-state index is 6.09. The van der Waals surface area contributed by atoms with Gasteiger partial charge in [-0.15, -0.1) is 0 Å². The van der Waals surface area contributed by atoms with Gasteiger partial charge < -0.3 is 19.7 Å². The molecule has 0 spiro atoms. The summed E-state index contributed by atoms with van der Waals surface area (Å²) in [6, 6.07) is 7.49. The number of nitrogens with zero attached hydrogens (tertiary/aromatic N) is 2. The van der Waals surface area contributed by atoms with Gasteiger partial charge in [0, 0.05) is 6.04 Å². The highest BCUT2D eigenvalue weighted by Gasteiger charge is 2.44. The minimum Gasteiger partial charge on any atom is -0.493 e. The van der Waals surface area contributed by atoms with Crippen LogP contribution in [-0.2, 0) is 10.2 Å². The van der Waals surface area contributed by atoms with Crippen molar-refractivity contribution in [1.82, 2.24) is 10.1 Å². The molecule has 1 aromatic carbocycles. The Kier molecular flexibility index (Phi) is 3.65. The summed E-state index contributed by atoms with van der Waals surface area (Å²) < 4.78 is 16.5. The van der Waals surface area contributed by atoms with Gasteiger partial charge in [-0.05, 0) is 26.0 Å². The van der Waals surface area contributed by atoms with E-state index in [0.717, 1.165) is 11.3 Å². The second-order valence-electron chi connectivity index (χ2n) is 5.39. The van der Waals surface area contributed by atoms with Crippen LogP contribution in [0.3, 0.4) is 0 Å². The van der Waals surface area contributed by atoms with Gasteiger partial charge in [-0.1, -0.05) is 17.3 Å². The van der Waals surface area contributed by atoms with Crippen LogP contribution in [0.25, 0.3) is 11.4 Å². The van der Waals surface area contributed by atoms with Crippen molar-refractivity contribution in [1.29, 1.82) is 0 Å². The van der Waals surface area contributed by atoms with Crippen molar-refractivity contribution in [3.8, 4) is 17.1 Å². The number of ether oxygens (including phenoxy) is 2. The molecule has 0 radical (unpaired) electrons. The average Bonchev–Trinajstić information content (AvgIpc) is 3.09. The first kappa shape index (κ1) is 14.0. The molecule has 0 aliphatic carbocycles. The second-order valence-corrected chi connectivity index (χ2v) is 5.39. The smallest absolute Gasteiger partial charge is 0.236 e. The molecular formula is C15H19N3O3. The molecular weight excluding hydrogens is 270 g/mol. The number of rotatable bonds is 4. The zero-order valence-electron chi connectivity index (χ0n) is 12.2. The molecule has 2 heterocycles. The number of hydrogen-bond donors (Lipinski definition) is 1. The van der Waals surface area contributed by atoms with Gasteiger partial charge in [0.15, 0.2) is 0 Å². The Balaban J connectivity index is 1.96. The number of aromatic nitrogens is 2. The summed E-state index contributed by atoms with van der Waals surface area (Å²) in [6.07, 6.45) is 0. The Morgan fingerprint density at radius 1 is 1.43 bits per heavy atom. The number of nitrogens with two attached hydrogens (primary N) is 1. The fourth-order valence-corrected chi connectivity index (χ4v) is 2.41. The molecule has 3 rings (SSSR count). The van der Waals surface area contributed by atoms with Gasteiger partial charge >= 0.3 is 0 Å². The van der Waals surface area contributed by atoms with Crippen LogP contribution in [0.4, 0.5) is 0 Å². The van der Waals surface area contributed by atoms with E-state index in [2.05, 4.69) is 10.1 Å². The lowest BCUT2D eigenvalue weighted by atomic mass is 9.86. The van der Waals surface area contributed by atoms with Crippen molar-refractivity contribution in [2.45, 2.75) is 25.3 Å². The van der Waals surface area contributed by atoms with E-state index in [9.17, 15) is 0 Å². The van der Waals surface area contributed by atoms with E-state index in [1.165, 1.54) is 0 Å². The highest BCUT2D eigenvalue weighted by Crippen LogP contribution is 2.33. The summed E-state index contributed by atoms with van der Waals surface area (Å²) in [7, 11) is 0. The molecule has 2 atom stereocenters. The molecule has 0 bridgehead atoms. The molecule has 0 amide bonds. The number of hydrogen-bond acceptors (Lipinski definition) is 6. The standard InChI is InChI=1S/C15H19N3O3/c1-3-20-11-7-5-4-6-10(11)13-17-14(21-18-13)15(2)9-19-8-12(15)16/h4-7,12H,3,8-9,16H2,1-2H3. The molecule has 6 nitrogen and oxygen atoms in total. The second kappa shape index (κ2) is 5.46. The van der Waals surface area contributed by atoms with Crippen LogP contribution < -0.4 is 10.5 Å². The molecule has 0 saturated carbocycles. The fourth-order valence-electron chi connectivity index (χ4n) is 2.41. The minimum absolute atomic E-state index is 0.145. The van der Waals surface area contributed by atoms with Gasteiger partial charge in [0.05, 0.1) is 30.8 Å². The monoisotopic (exact) mass is 289 g/mol. The van der Waals surface area contributed by atoms with E-state index in [4.69, 9.17) is 19.7 Å². The summed E-state index contributed by atoms with van der Waals surface area (Å²) in [6.45, 7) is 5.50. The molecule has 21 heavy (non-hydrogen) atoms. The van der Waals surface area contributed by atoms with Gasteiger partial charge in [-0.3, -0.25) is 0 Å². The lowest BCUT2D eigenvalue weighted by Gasteiger charge is -2.21. The van der Waals surface area contributed by atoms with Gasteiger partial charge in [0.25, 0.3) is 0 Å². The van der Waals surface area contributed by atoms with Crippen LogP contribution in [-0.4, -0.2) is 36.0 Å². The van der Waals surface area contributed by atoms with Crippen molar-refractivity contribution in [3.63, 3.8) is 0 Å². The Morgan fingerprint density at radius 3 is 2.95 bits per heavy atom. The Hall–Kier alpha value is -1.92. The van der Waals surface area contributed by atoms with Crippen LogP contribution >= 0.6 is 0 Å². The van der Waals surface area contributed by atoms with Crippen molar-refractivity contribution in [2.75, 3.05) is 19.8 Å². The lowest BCUT2D eigenvalue weighted by Crippen LogP contribution is -2.42. The predicted octanol–water partition coefficient (Wildman–Crippen LogP) is 1.75. The highest BCUT2D eigenvalue weighted by molar-refractivity contribution is 5.63. The average molecular weight is 289 g/mol. The molecule has 2 N–H and O–H groups in total. The van der Waals surface area contributed by atoms with Crippen LogP contribution in [0.2, 0.25) is 0 Å². The third-order valence-corrected chi connectivity index (χ3v) is 3.86. The van der Waals surface area contributed by atoms with Crippen molar-refractivity contribution < 1.29 is 14.0 Å². The predicted molar refractivity (Wildman–Crippen MR) is 77.0 cm³/mol.